The highest BCUT2D eigenvalue weighted by atomic mass is 32.1. The average molecular weight is 228 g/mol. The normalized spacial score (nSPS) is 20.9. The lowest BCUT2D eigenvalue weighted by Gasteiger charge is -2.35. The minimum atomic E-state index is 0. The Morgan fingerprint density at radius 2 is 2.47 bits per heavy atom. The van der Waals surface area contributed by atoms with Crippen molar-refractivity contribution in [2.45, 2.75) is 6.04 Å². The van der Waals surface area contributed by atoms with Crippen LogP contribution in [0.5, 0.6) is 0 Å². The van der Waals surface area contributed by atoms with Gasteiger partial charge in [-0.25, -0.2) is 0 Å². The van der Waals surface area contributed by atoms with Gasteiger partial charge in [0.1, 0.15) is 0 Å². The molecule has 1 aromatic heterocycles. The molecule has 1 aromatic rings. The second kappa shape index (κ2) is 5.89. The molecule has 0 bridgehead atoms. The van der Waals surface area contributed by atoms with Crippen molar-refractivity contribution in [1.29, 1.82) is 0 Å². The summed E-state index contributed by atoms with van der Waals surface area (Å²) in [5.74, 6) is 0.841. The van der Waals surface area contributed by atoms with Crippen molar-refractivity contribution in [3.05, 3.63) is 18.3 Å². The predicted octanol–water partition coefficient (Wildman–Crippen LogP) is -0.640. The molecular formula is C9H16N4OS. The van der Waals surface area contributed by atoms with Crippen LogP contribution in [-0.4, -0.2) is 47.6 Å². The van der Waals surface area contributed by atoms with Crippen LogP contribution in [0.3, 0.4) is 0 Å². The van der Waals surface area contributed by atoms with Gasteiger partial charge in [-0.1, -0.05) is 0 Å². The van der Waals surface area contributed by atoms with Gasteiger partial charge in [0.25, 0.3) is 0 Å². The number of aromatic nitrogens is 2. The molecule has 2 rings (SSSR count). The van der Waals surface area contributed by atoms with Crippen molar-refractivity contribution in [3.63, 3.8) is 0 Å². The van der Waals surface area contributed by atoms with E-state index in [4.69, 9.17) is 0 Å². The first kappa shape index (κ1) is 12.2. The summed E-state index contributed by atoms with van der Waals surface area (Å²) >= 11 is 0. The highest BCUT2D eigenvalue weighted by Crippen LogP contribution is 2.13. The summed E-state index contributed by atoms with van der Waals surface area (Å²) in [6.45, 7) is 2.73. The van der Waals surface area contributed by atoms with Crippen molar-refractivity contribution in [2.75, 3.05) is 31.1 Å². The van der Waals surface area contributed by atoms with E-state index in [1.807, 2.05) is 12.1 Å². The maximum atomic E-state index is 9.19. The zero-order valence-corrected chi connectivity index (χ0v) is 9.43. The molecule has 0 spiro atoms. The van der Waals surface area contributed by atoms with Gasteiger partial charge in [-0.15, -0.1) is 5.10 Å². The summed E-state index contributed by atoms with van der Waals surface area (Å²) in [5.41, 5.74) is 0. The van der Waals surface area contributed by atoms with Crippen LogP contribution >= 0.6 is 13.5 Å². The van der Waals surface area contributed by atoms with Gasteiger partial charge in [0.05, 0.1) is 12.6 Å². The quantitative estimate of drug-likeness (QED) is 0.705. The fourth-order valence-corrected chi connectivity index (χ4v) is 1.67. The zero-order chi connectivity index (χ0) is 9.80. The Morgan fingerprint density at radius 3 is 3.13 bits per heavy atom. The Kier molecular flexibility index (Phi) is 4.80. The Labute approximate surface area is 96.0 Å². The van der Waals surface area contributed by atoms with Crippen molar-refractivity contribution >= 4 is 19.3 Å². The fourth-order valence-electron chi connectivity index (χ4n) is 1.67. The van der Waals surface area contributed by atoms with Crippen LogP contribution in [0.15, 0.2) is 18.3 Å². The molecule has 1 fully saturated rings. The standard InChI is InChI=1S/C9H14N4O.H2S/c14-7-8-6-10-4-5-13(8)9-2-1-3-11-12-9;/h1-3,8,10,14H,4-7H2;1H2/t8-;/m0./s1. The smallest absolute Gasteiger partial charge is 0.151 e. The number of aliphatic hydroxyl groups is 1. The van der Waals surface area contributed by atoms with E-state index in [1.54, 1.807) is 6.20 Å². The van der Waals surface area contributed by atoms with Crippen LogP contribution in [0.1, 0.15) is 0 Å². The molecule has 15 heavy (non-hydrogen) atoms. The van der Waals surface area contributed by atoms with Crippen LogP contribution in [0.25, 0.3) is 0 Å². The van der Waals surface area contributed by atoms with Crippen LogP contribution in [0, 0.1) is 0 Å². The second-order valence-electron chi connectivity index (χ2n) is 3.32. The molecule has 0 radical (unpaired) electrons. The van der Waals surface area contributed by atoms with E-state index in [-0.39, 0.29) is 26.1 Å². The van der Waals surface area contributed by atoms with Crippen molar-refractivity contribution < 1.29 is 5.11 Å². The first-order chi connectivity index (χ1) is 6.92. The van der Waals surface area contributed by atoms with E-state index in [1.165, 1.54) is 0 Å². The summed E-state index contributed by atoms with van der Waals surface area (Å²) in [6, 6.07) is 3.89. The minimum Gasteiger partial charge on any atom is -0.394 e. The van der Waals surface area contributed by atoms with Crippen molar-refractivity contribution in [2.24, 2.45) is 0 Å². The van der Waals surface area contributed by atoms with Gasteiger partial charge in [0, 0.05) is 25.8 Å². The molecule has 0 unspecified atom stereocenters. The summed E-state index contributed by atoms with van der Waals surface area (Å²) in [7, 11) is 0. The lowest BCUT2D eigenvalue weighted by molar-refractivity contribution is 0.245. The fraction of sp³-hybridized carbons (Fsp3) is 0.556. The number of rotatable bonds is 2. The lowest BCUT2D eigenvalue weighted by Crippen LogP contribution is -2.53. The largest absolute Gasteiger partial charge is 0.394 e. The van der Waals surface area contributed by atoms with Gasteiger partial charge in [0.15, 0.2) is 5.82 Å². The number of hydrogen-bond donors (Lipinski definition) is 2. The zero-order valence-electron chi connectivity index (χ0n) is 8.43. The highest BCUT2D eigenvalue weighted by molar-refractivity contribution is 7.59. The molecular weight excluding hydrogens is 212 g/mol. The van der Waals surface area contributed by atoms with Crippen LogP contribution in [-0.2, 0) is 0 Å². The van der Waals surface area contributed by atoms with Gasteiger partial charge in [-0.05, 0) is 12.1 Å². The molecule has 6 heteroatoms. The summed E-state index contributed by atoms with van der Waals surface area (Å²) in [5, 5.41) is 20.3. The third kappa shape index (κ3) is 2.80. The SMILES string of the molecule is OC[C@@H]1CNCCN1c1cccnn1.S. The lowest BCUT2D eigenvalue weighted by atomic mass is 10.2. The van der Waals surface area contributed by atoms with Crippen LogP contribution in [0.4, 0.5) is 5.82 Å². The molecule has 0 saturated carbocycles. The number of piperazine rings is 1. The van der Waals surface area contributed by atoms with Gasteiger partial charge in [-0.2, -0.15) is 18.6 Å². The number of anilines is 1. The molecule has 0 amide bonds. The Morgan fingerprint density at radius 1 is 1.60 bits per heavy atom. The van der Waals surface area contributed by atoms with Crippen molar-refractivity contribution in [3.8, 4) is 0 Å². The summed E-state index contributed by atoms with van der Waals surface area (Å²) in [4.78, 5) is 2.09. The predicted molar refractivity (Wildman–Crippen MR) is 63.5 cm³/mol. The maximum absolute atomic E-state index is 9.19. The maximum Gasteiger partial charge on any atom is 0.151 e. The number of nitrogens with one attached hydrogen (secondary N) is 1. The van der Waals surface area contributed by atoms with Gasteiger partial charge in [-0.3, -0.25) is 0 Å². The van der Waals surface area contributed by atoms with Gasteiger partial charge < -0.3 is 15.3 Å². The first-order valence-electron chi connectivity index (χ1n) is 4.78. The minimum absolute atomic E-state index is 0. The topological polar surface area (TPSA) is 61.3 Å². The van der Waals surface area contributed by atoms with Crippen LogP contribution < -0.4 is 10.2 Å². The molecule has 1 saturated heterocycles. The second-order valence-corrected chi connectivity index (χ2v) is 3.32. The summed E-state index contributed by atoms with van der Waals surface area (Å²) < 4.78 is 0. The van der Waals surface area contributed by atoms with Crippen LogP contribution in [0.2, 0.25) is 0 Å². The first-order valence-corrected chi connectivity index (χ1v) is 4.78. The summed E-state index contributed by atoms with van der Waals surface area (Å²) in [6.07, 6.45) is 1.65. The number of hydrogen-bond acceptors (Lipinski definition) is 5. The number of aliphatic hydroxyl groups excluding tert-OH is 1. The monoisotopic (exact) mass is 228 g/mol. The van der Waals surface area contributed by atoms with E-state index in [0.717, 1.165) is 25.5 Å². The van der Waals surface area contributed by atoms with E-state index in [0.29, 0.717) is 0 Å². The van der Waals surface area contributed by atoms with E-state index >= 15 is 0 Å². The molecule has 0 aliphatic carbocycles. The Balaban J connectivity index is 0.00000112. The van der Waals surface area contributed by atoms with E-state index < -0.39 is 0 Å². The average Bonchev–Trinajstić information content (AvgIpc) is 2.30. The molecule has 1 aliphatic heterocycles. The third-order valence-electron chi connectivity index (χ3n) is 2.41. The van der Waals surface area contributed by atoms with Gasteiger partial charge in [0.2, 0.25) is 0 Å². The molecule has 0 aromatic carbocycles. The molecule has 1 aliphatic rings. The Hall–Kier alpha value is -0.850. The molecule has 1 atom stereocenters. The van der Waals surface area contributed by atoms with E-state index in [9.17, 15) is 5.11 Å². The molecule has 2 heterocycles. The molecule has 2 N–H and O–H groups in total. The van der Waals surface area contributed by atoms with Crippen molar-refractivity contribution in [1.82, 2.24) is 15.5 Å². The number of nitrogens with zero attached hydrogens (tertiary/aromatic N) is 3. The Bertz CT molecular complexity index is 285. The highest BCUT2D eigenvalue weighted by Gasteiger charge is 2.22. The van der Waals surface area contributed by atoms with E-state index in [2.05, 4.69) is 20.4 Å². The molecule has 5 nitrogen and oxygen atoms in total. The van der Waals surface area contributed by atoms with Gasteiger partial charge >= 0.3 is 0 Å². The third-order valence-corrected chi connectivity index (χ3v) is 2.41. The molecule has 84 valence electrons.